The lowest BCUT2D eigenvalue weighted by atomic mass is 9.44. The van der Waals surface area contributed by atoms with Crippen LogP contribution in [-0.4, -0.2) is 24.9 Å². The third-order valence-corrected chi connectivity index (χ3v) is 9.88. The summed E-state index contributed by atoms with van der Waals surface area (Å²) < 4.78 is 36.2. The van der Waals surface area contributed by atoms with Crippen molar-refractivity contribution < 1.29 is 21.9 Å². The van der Waals surface area contributed by atoms with Crippen molar-refractivity contribution in [1.29, 1.82) is 0 Å². The van der Waals surface area contributed by atoms with E-state index >= 15 is 0 Å². The molecule has 0 amide bonds. The van der Waals surface area contributed by atoms with Crippen LogP contribution in [0.3, 0.4) is 0 Å². The molecular formula is C21H34O5S. The van der Waals surface area contributed by atoms with E-state index in [4.69, 9.17) is 8.74 Å². The van der Waals surface area contributed by atoms with E-state index in [0.717, 1.165) is 32.1 Å². The molecule has 0 radical (unpaired) electrons. The Balaban J connectivity index is 1.53. The second-order valence-corrected chi connectivity index (χ2v) is 11.4. The van der Waals surface area contributed by atoms with Gasteiger partial charge in [-0.05, 0) is 99.2 Å². The minimum absolute atomic E-state index is 0.182. The predicted octanol–water partition coefficient (Wildman–Crippen LogP) is 4.42. The molecule has 6 heteroatoms. The molecule has 5 unspecified atom stereocenters. The van der Waals surface area contributed by atoms with Crippen molar-refractivity contribution in [1.82, 2.24) is 0 Å². The van der Waals surface area contributed by atoms with Gasteiger partial charge in [-0.15, -0.1) is 0 Å². The number of carbonyl (C=O) groups is 1. The number of hydrogen-bond acceptors (Lipinski definition) is 4. The van der Waals surface area contributed by atoms with Crippen LogP contribution >= 0.6 is 0 Å². The zero-order valence-corrected chi connectivity index (χ0v) is 17.6. The van der Waals surface area contributed by atoms with Crippen LogP contribution in [0.2, 0.25) is 0 Å². The molecular weight excluding hydrogens is 364 g/mol. The van der Waals surface area contributed by atoms with Gasteiger partial charge in [0, 0.05) is 5.92 Å². The Labute approximate surface area is 163 Å². The van der Waals surface area contributed by atoms with Gasteiger partial charge in [0.15, 0.2) is 0 Å². The SMILES string of the molecule is CC(=O)[C@H]1CCC2C3CCC4CC(OS(=O)(=O)O)CC[C@]4(C)C3CC[C@@]21C. The average Bonchev–Trinajstić information content (AvgIpc) is 2.91. The number of fused-ring (bicyclic) bond motifs is 5. The molecule has 0 bridgehead atoms. The number of ketones is 1. The van der Waals surface area contributed by atoms with Gasteiger partial charge in [0.25, 0.3) is 0 Å². The van der Waals surface area contributed by atoms with E-state index in [1.165, 1.54) is 19.3 Å². The van der Waals surface area contributed by atoms with Crippen molar-refractivity contribution in [3.05, 3.63) is 0 Å². The minimum atomic E-state index is -4.37. The van der Waals surface area contributed by atoms with Crippen molar-refractivity contribution >= 4 is 16.2 Å². The Morgan fingerprint density at radius 1 is 0.963 bits per heavy atom. The molecule has 4 aliphatic carbocycles. The second-order valence-electron chi connectivity index (χ2n) is 10.4. The molecule has 0 heterocycles. The fourth-order valence-corrected chi connectivity index (χ4v) is 8.66. The summed E-state index contributed by atoms with van der Waals surface area (Å²) in [5.41, 5.74) is 0.416. The third-order valence-electron chi connectivity index (χ3n) is 9.37. The number of carbonyl (C=O) groups excluding carboxylic acids is 1. The number of Topliss-reactive ketones (excluding diaryl/α,β-unsaturated/α-hetero) is 1. The third kappa shape index (κ3) is 3.20. The predicted molar refractivity (Wildman–Crippen MR) is 102 cm³/mol. The molecule has 4 saturated carbocycles. The first kappa shape index (κ1) is 19.8. The zero-order chi connectivity index (χ0) is 19.6. The number of hydrogen-bond donors (Lipinski definition) is 1. The molecule has 0 aliphatic heterocycles. The molecule has 1 N–H and O–H groups in total. The molecule has 0 spiro atoms. The largest absolute Gasteiger partial charge is 0.397 e. The molecule has 4 aliphatic rings. The molecule has 27 heavy (non-hydrogen) atoms. The summed E-state index contributed by atoms with van der Waals surface area (Å²) in [5.74, 6) is 3.12. The van der Waals surface area contributed by atoms with Crippen LogP contribution in [0.4, 0.5) is 0 Å². The van der Waals surface area contributed by atoms with Gasteiger partial charge in [-0.3, -0.25) is 9.35 Å². The molecule has 8 atom stereocenters. The molecule has 0 aromatic heterocycles. The van der Waals surface area contributed by atoms with Gasteiger partial charge in [-0.25, -0.2) is 4.18 Å². The van der Waals surface area contributed by atoms with Crippen molar-refractivity contribution in [2.24, 2.45) is 40.4 Å². The van der Waals surface area contributed by atoms with Crippen LogP contribution in [0.5, 0.6) is 0 Å². The van der Waals surface area contributed by atoms with E-state index in [2.05, 4.69) is 13.8 Å². The van der Waals surface area contributed by atoms with Crippen LogP contribution in [0.1, 0.15) is 78.6 Å². The molecule has 4 rings (SSSR count). The van der Waals surface area contributed by atoms with Crippen LogP contribution in [0.25, 0.3) is 0 Å². The van der Waals surface area contributed by atoms with Crippen LogP contribution in [-0.2, 0) is 19.4 Å². The average molecular weight is 399 g/mol. The molecule has 5 nitrogen and oxygen atoms in total. The summed E-state index contributed by atoms with van der Waals surface area (Å²) >= 11 is 0. The van der Waals surface area contributed by atoms with E-state index in [0.29, 0.717) is 35.9 Å². The van der Waals surface area contributed by atoms with Crippen LogP contribution in [0.15, 0.2) is 0 Å². The van der Waals surface area contributed by atoms with Crippen molar-refractivity contribution in [2.75, 3.05) is 0 Å². The highest BCUT2D eigenvalue weighted by Crippen LogP contribution is 2.67. The fourth-order valence-electron chi connectivity index (χ4n) is 8.15. The van der Waals surface area contributed by atoms with Gasteiger partial charge >= 0.3 is 10.4 Å². The Morgan fingerprint density at radius 3 is 2.30 bits per heavy atom. The summed E-state index contributed by atoms with van der Waals surface area (Å²) in [6.07, 6.45) is 8.92. The molecule has 0 aromatic carbocycles. The van der Waals surface area contributed by atoms with E-state index in [1.807, 2.05) is 0 Å². The van der Waals surface area contributed by atoms with Gasteiger partial charge in [0.1, 0.15) is 5.78 Å². The van der Waals surface area contributed by atoms with Gasteiger partial charge in [0.05, 0.1) is 6.10 Å². The standard InChI is InChI=1S/C21H34O5S/c1-13(22)17-6-7-18-16-5-4-14-12-15(26-27(23,24)25)8-10-20(14,2)19(16)9-11-21(17,18)3/h14-19H,4-12H2,1-3H3,(H,23,24,25)/t14?,15?,16?,17-,18?,19?,20+,21-/m1/s1. The highest BCUT2D eigenvalue weighted by atomic mass is 32.3. The van der Waals surface area contributed by atoms with Gasteiger partial charge < -0.3 is 0 Å². The highest BCUT2D eigenvalue weighted by Gasteiger charge is 2.60. The quantitative estimate of drug-likeness (QED) is 0.712. The summed E-state index contributed by atoms with van der Waals surface area (Å²) in [5, 5.41) is 0. The first-order valence-electron chi connectivity index (χ1n) is 10.7. The van der Waals surface area contributed by atoms with E-state index < -0.39 is 10.4 Å². The molecule has 0 saturated heterocycles. The number of rotatable bonds is 3. The summed E-state index contributed by atoms with van der Waals surface area (Å²) in [7, 11) is -4.37. The lowest BCUT2D eigenvalue weighted by molar-refractivity contribution is -0.137. The summed E-state index contributed by atoms with van der Waals surface area (Å²) in [6, 6.07) is 0. The van der Waals surface area contributed by atoms with Crippen molar-refractivity contribution in [3.63, 3.8) is 0 Å². The fraction of sp³-hybridized carbons (Fsp3) is 0.952. The van der Waals surface area contributed by atoms with E-state index in [9.17, 15) is 13.2 Å². The monoisotopic (exact) mass is 398 g/mol. The van der Waals surface area contributed by atoms with E-state index in [-0.39, 0.29) is 22.9 Å². The Hall–Kier alpha value is -0.460. The van der Waals surface area contributed by atoms with Crippen molar-refractivity contribution in [3.8, 4) is 0 Å². The zero-order valence-electron chi connectivity index (χ0n) is 16.8. The topological polar surface area (TPSA) is 80.7 Å². The maximum absolute atomic E-state index is 12.2. The maximum atomic E-state index is 12.2. The van der Waals surface area contributed by atoms with Crippen molar-refractivity contribution in [2.45, 2.75) is 84.7 Å². The minimum Gasteiger partial charge on any atom is -0.300 e. The Morgan fingerprint density at radius 2 is 1.63 bits per heavy atom. The van der Waals surface area contributed by atoms with Crippen LogP contribution in [0, 0.1) is 40.4 Å². The molecule has 0 aromatic rings. The van der Waals surface area contributed by atoms with Gasteiger partial charge in [-0.1, -0.05) is 13.8 Å². The summed E-state index contributed by atoms with van der Waals surface area (Å²) in [4.78, 5) is 12.2. The second kappa shape index (κ2) is 6.53. The van der Waals surface area contributed by atoms with E-state index in [1.54, 1.807) is 6.92 Å². The first-order chi connectivity index (χ1) is 12.5. The molecule has 154 valence electrons. The first-order valence-corrected chi connectivity index (χ1v) is 12.1. The molecule has 4 fully saturated rings. The Kier molecular flexibility index (Phi) is 4.80. The lowest BCUT2D eigenvalue weighted by Crippen LogP contribution is -2.54. The summed E-state index contributed by atoms with van der Waals surface area (Å²) in [6.45, 7) is 6.57. The normalized spacial score (nSPS) is 49.8. The van der Waals surface area contributed by atoms with Gasteiger partial charge in [-0.2, -0.15) is 8.42 Å². The Bertz CT molecular complexity index is 718. The van der Waals surface area contributed by atoms with Crippen LogP contribution < -0.4 is 0 Å². The van der Waals surface area contributed by atoms with Gasteiger partial charge in [0.2, 0.25) is 0 Å². The maximum Gasteiger partial charge on any atom is 0.397 e. The highest BCUT2D eigenvalue weighted by molar-refractivity contribution is 7.80. The lowest BCUT2D eigenvalue weighted by Gasteiger charge is -2.61. The smallest absolute Gasteiger partial charge is 0.300 e.